The van der Waals surface area contributed by atoms with Gasteiger partial charge >= 0.3 is 0 Å². The largest absolute Gasteiger partial charge is 0.474 e. The Hall–Kier alpha value is -0.880. The van der Waals surface area contributed by atoms with Gasteiger partial charge in [-0.05, 0) is 36.7 Å². The highest BCUT2D eigenvalue weighted by Crippen LogP contribution is 2.22. The molecule has 0 aromatic carbocycles. The minimum absolute atomic E-state index is 0.150. The van der Waals surface area contributed by atoms with Gasteiger partial charge in [-0.15, -0.1) is 0 Å². The molecule has 0 radical (unpaired) electrons. The number of rotatable bonds is 5. The molecule has 96 valence electrons. The highest BCUT2D eigenvalue weighted by Gasteiger charge is 2.10. The topological polar surface area (TPSA) is 56.3 Å². The van der Waals surface area contributed by atoms with E-state index in [9.17, 15) is 0 Å². The Labute approximate surface area is 110 Å². The Morgan fingerprint density at radius 3 is 2.65 bits per heavy atom. The summed E-state index contributed by atoms with van der Waals surface area (Å²) in [6.07, 6.45) is 1.65. The van der Waals surface area contributed by atoms with Crippen LogP contribution in [0.1, 0.15) is 20.8 Å². The van der Waals surface area contributed by atoms with Gasteiger partial charge in [-0.1, -0.05) is 0 Å². The molecule has 0 atom stereocenters. The van der Waals surface area contributed by atoms with Gasteiger partial charge in [0.15, 0.2) is 0 Å². The lowest BCUT2D eigenvalue weighted by molar-refractivity contribution is -0.0169. The second kappa shape index (κ2) is 6.16. The van der Waals surface area contributed by atoms with Crippen molar-refractivity contribution >= 4 is 21.9 Å². The van der Waals surface area contributed by atoms with Crippen LogP contribution < -0.4 is 10.1 Å². The molecule has 1 aromatic rings. The molecule has 0 bridgehead atoms. The van der Waals surface area contributed by atoms with Crippen molar-refractivity contribution in [3.05, 3.63) is 10.7 Å². The van der Waals surface area contributed by atoms with E-state index < -0.39 is 0 Å². The van der Waals surface area contributed by atoms with E-state index in [4.69, 9.17) is 9.47 Å². The van der Waals surface area contributed by atoms with Crippen LogP contribution in [0.2, 0.25) is 0 Å². The maximum absolute atomic E-state index is 5.55. The average molecular weight is 304 g/mol. The zero-order valence-electron chi connectivity index (χ0n) is 10.6. The molecule has 1 aromatic heterocycles. The van der Waals surface area contributed by atoms with E-state index in [1.165, 1.54) is 0 Å². The molecule has 0 amide bonds. The molecule has 0 aliphatic heterocycles. The van der Waals surface area contributed by atoms with E-state index in [1.807, 2.05) is 20.8 Å². The van der Waals surface area contributed by atoms with Gasteiger partial charge in [-0.2, -0.15) is 4.98 Å². The highest BCUT2D eigenvalue weighted by atomic mass is 79.9. The number of aromatic nitrogens is 2. The quantitative estimate of drug-likeness (QED) is 0.847. The first-order valence-corrected chi connectivity index (χ1v) is 6.19. The van der Waals surface area contributed by atoms with Crippen molar-refractivity contribution in [2.24, 2.45) is 0 Å². The van der Waals surface area contributed by atoms with Crippen LogP contribution in [0.4, 0.5) is 5.95 Å². The summed E-state index contributed by atoms with van der Waals surface area (Å²) in [5.74, 6) is 1.04. The maximum atomic E-state index is 5.55. The average Bonchev–Trinajstić information content (AvgIpc) is 2.25. The predicted octanol–water partition coefficient (Wildman–Crippen LogP) is 2.47. The fraction of sp³-hybridized carbons (Fsp3) is 0.636. The molecule has 0 saturated carbocycles. The second-order valence-electron chi connectivity index (χ2n) is 4.41. The Morgan fingerprint density at radius 1 is 1.35 bits per heavy atom. The monoisotopic (exact) mass is 303 g/mol. The number of nitrogens with one attached hydrogen (secondary N) is 1. The first-order chi connectivity index (χ1) is 7.92. The molecule has 17 heavy (non-hydrogen) atoms. The van der Waals surface area contributed by atoms with Crippen molar-refractivity contribution in [2.45, 2.75) is 26.4 Å². The summed E-state index contributed by atoms with van der Waals surface area (Å²) >= 11 is 3.33. The molecule has 0 fully saturated rings. The summed E-state index contributed by atoms with van der Waals surface area (Å²) in [5.41, 5.74) is -0.150. The van der Waals surface area contributed by atoms with Crippen LogP contribution in [0.5, 0.6) is 5.88 Å². The van der Waals surface area contributed by atoms with Crippen molar-refractivity contribution < 1.29 is 9.47 Å². The summed E-state index contributed by atoms with van der Waals surface area (Å²) in [6.45, 7) is 7.00. The number of anilines is 1. The zero-order chi connectivity index (χ0) is 12.9. The smallest absolute Gasteiger partial charge is 0.232 e. The van der Waals surface area contributed by atoms with Gasteiger partial charge in [-0.25, -0.2) is 4.98 Å². The number of nitrogens with zero attached hydrogens (tertiary/aromatic N) is 2. The highest BCUT2D eigenvalue weighted by molar-refractivity contribution is 9.10. The summed E-state index contributed by atoms with van der Waals surface area (Å²) in [7, 11) is 1.76. The Balaban J connectivity index is 2.46. The summed E-state index contributed by atoms with van der Waals surface area (Å²) < 4.78 is 11.8. The van der Waals surface area contributed by atoms with Crippen molar-refractivity contribution in [3.8, 4) is 5.88 Å². The first-order valence-electron chi connectivity index (χ1n) is 5.39. The molecule has 0 spiro atoms. The number of hydrogen-bond donors (Lipinski definition) is 1. The fourth-order valence-corrected chi connectivity index (χ4v) is 1.36. The second-order valence-corrected chi connectivity index (χ2v) is 5.26. The molecule has 0 saturated heterocycles. The number of halogens is 1. The third-order valence-corrected chi connectivity index (χ3v) is 2.34. The van der Waals surface area contributed by atoms with E-state index in [0.717, 1.165) is 4.47 Å². The van der Waals surface area contributed by atoms with Crippen LogP contribution in [-0.2, 0) is 4.74 Å². The molecule has 0 aliphatic carbocycles. The summed E-state index contributed by atoms with van der Waals surface area (Å²) in [6, 6.07) is 0. The molecule has 1 rings (SSSR count). The van der Waals surface area contributed by atoms with E-state index in [2.05, 4.69) is 31.2 Å². The Kier molecular flexibility index (Phi) is 5.14. The molecule has 1 N–H and O–H groups in total. The summed E-state index contributed by atoms with van der Waals surface area (Å²) in [5, 5.41) is 2.85. The third-order valence-electron chi connectivity index (χ3n) is 1.79. The van der Waals surface area contributed by atoms with Crippen LogP contribution in [-0.4, -0.2) is 35.8 Å². The Bertz CT molecular complexity index is 366. The molecule has 5 nitrogen and oxygen atoms in total. The van der Waals surface area contributed by atoms with E-state index >= 15 is 0 Å². The zero-order valence-corrected chi connectivity index (χ0v) is 12.2. The molecular weight excluding hydrogens is 286 g/mol. The van der Waals surface area contributed by atoms with Crippen LogP contribution >= 0.6 is 15.9 Å². The minimum atomic E-state index is -0.150. The van der Waals surface area contributed by atoms with E-state index in [0.29, 0.717) is 25.0 Å². The third kappa shape index (κ3) is 5.32. The van der Waals surface area contributed by atoms with Crippen LogP contribution in [0.15, 0.2) is 10.7 Å². The fourth-order valence-electron chi connectivity index (χ4n) is 1.06. The van der Waals surface area contributed by atoms with E-state index in [-0.39, 0.29) is 5.60 Å². The van der Waals surface area contributed by atoms with Crippen molar-refractivity contribution in [1.82, 2.24) is 9.97 Å². The van der Waals surface area contributed by atoms with Crippen LogP contribution in [0, 0.1) is 0 Å². The van der Waals surface area contributed by atoms with Crippen molar-refractivity contribution in [2.75, 3.05) is 25.6 Å². The molecule has 1 heterocycles. The number of ether oxygens (including phenoxy) is 2. The van der Waals surface area contributed by atoms with Crippen molar-refractivity contribution in [3.63, 3.8) is 0 Å². The molecule has 0 unspecified atom stereocenters. The maximum Gasteiger partial charge on any atom is 0.232 e. The van der Waals surface area contributed by atoms with Crippen LogP contribution in [0.3, 0.4) is 0 Å². The standard InChI is InChI=1S/C11H18BrN3O2/c1-11(2,3)17-6-5-16-9-8(12)7-14-10(13-4)15-9/h7H,5-6H2,1-4H3,(H,13,14,15). The first kappa shape index (κ1) is 14.2. The molecule has 6 heteroatoms. The lowest BCUT2D eigenvalue weighted by atomic mass is 10.2. The lowest BCUT2D eigenvalue weighted by Gasteiger charge is -2.19. The minimum Gasteiger partial charge on any atom is -0.474 e. The van der Waals surface area contributed by atoms with Gasteiger partial charge in [-0.3, -0.25) is 0 Å². The number of hydrogen-bond acceptors (Lipinski definition) is 5. The Morgan fingerprint density at radius 2 is 2.06 bits per heavy atom. The molecular formula is C11H18BrN3O2. The van der Waals surface area contributed by atoms with Gasteiger partial charge in [0.2, 0.25) is 11.8 Å². The van der Waals surface area contributed by atoms with Crippen LogP contribution in [0.25, 0.3) is 0 Å². The normalized spacial score (nSPS) is 11.4. The van der Waals surface area contributed by atoms with Gasteiger partial charge in [0.1, 0.15) is 6.61 Å². The summed E-state index contributed by atoms with van der Waals surface area (Å²) in [4.78, 5) is 8.22. The van der Waals surface area contributed by atoms with Gasteiger partial charge < -0.3 is 14.8 Å². The SMILES string of the molecule is CNc1ncc(Br)c(OCCOC(C)(C)C)n1. The van der Waals surface area contributed by atoms with Gasteiger partial charge in [0.05, 0.1) is 22.9 Å². The van der Waals surface area contributed by atoms with Crippen molar-refractivity contribution in [1.29, 1.82) is 0 Å². The lowest BCUT2D eigenvalue weighted by Crippen LogP contribution is -2.22. The van der Waals surface area contributed by atoms with Gasteiger partial charge in [0.25, 0.3) is 0 Å². The van der Waals surface area contributed by atoms with Gasteiger partial charge in [0, 0.05) is 7.05 Å². The predicted molar refractivity (Wildman–Crippen MR) is 70.5 cm³/mol. The van der Waals surface area contributed by atoms with E-state index in [1.54, 1.807) is 13.2 Å². The molecule has 0 aliphatic rings.